The lowest BCUT2D eigenvalue weighted by Gasteiger charge is -2.26. The first-order chi connectivity index (χ1) is 14.2. The number of halogens is 5. The molecule has 0 saturated carbocycles. The lowest BCUT2D eigenvalue weighted by atomic mass is 10.1. The van der Waals surface area contributed by atoms with E-state index in [0.29, 0.717) is 22.8 Å². The predicted octanol–water partition coefficient (Wildman–Crippen LogP) is 4.02. The monoisotopic (exact) mass is 486 g/mol. The maximum absolute atomic E-state index is 14.8. The second-order valence-electron chi connectivity index (χ2n) is 6.68. The van der Waals surface area contributed by atoms with E-state index in [1.165, 1.54) is 21.6 Å². The van der Waals surface area contributed by atoms with Gasteiger partial charge in [0.15, 0.2) is 5.69 Å². The fraction of sp³-hybridized carbons (Fsp3) is 0.333. The lowest BCUT2D eigenvalue weighted by molar-refractivity contribution is -0.140. The summed E-state index contributed by atoms with van der Waals surface area (Å²) in [6, 6.07) is 4.11. The van der Waals surface area contributed by atoms with E-state index in [0.717, 1.165) is 6.20 Å². The molecule has 12 heteroatoms. The van der Waals surface area contributed by atoms with Crippen LogP contribution in [0, 0.1) is 5.82 Å². The van der Waals surface area contributed by atoms with Gasteiger partial charge in [0, 0.05) is 19.2 Å². The summed E-state index contributed by atoms with van der Waals surface area (Å²) in [6.45, 7) is 2.30. The number of imidazole rings is 1. The highest BCUT2D eigenvalue weighted by Crippen LogP contribution is 2.32. The van der Waals surface area contributed by atoms with E-state index >= 15 is 0 Å². The quantitative estimate of drug-likeness (QED) is 0.522. The fourth-order valence-corrected chi connectivity index (χ4v) is 3.64. The molecule has 1 aliphatic heterocycles. The Morgan fingerprint density at radius 2 is 2.00 bits per heavy atom. The highest BCUT2D eigenvalue weighted by atomic mass is 79.9. The Labute approximate surface area is 176 Å². The average Bonchev–Trinajstić information content (AvgIpc) is 3.27. The highest BCUT2D eigenvalue weighted by Gasteiger charge is 2.35. The molecule has 3 heterocycles. The number of anilines is 1. The van der Waals surface area contributed by atoms with Crippen LogP contribution in [0.4, 0.5) is 23.5 Å². The molecule has 0 unspecified atom stereocenters. The van der Waals surface area contributed by atoms with E-state index in [4.69, 9.17) is 0 Å². The number of hydrogen-bond acceptors (Lipinski definition) is 4. The Morgan fingerprint density at radius 1 is 1.23 bits per heavy atom. The number of fused-ring (bicyclic) bond motifs is 1. The van der Waals surface area contributed by atoms with Gasteiger partial charge in [-0.05, 0) is 40.5 Å². The number of amides is 1. The van der Waals surface area contributed by atoms with Crippen LogP contribution in [0.2, 0.25) is 0 Å². The van der Waals surface area contributed by atoms with Gasteiger partial charge in [0.25, 0.3) is 0 Å². The minimum Gasteiger partial charge on any atom is -0.331 e. The van der Waals surface area contributed by atoms with Gasteiger partial charge < -0.3 is 4.57 Å². The molecular weight excluding hydrogens is 472 g/mol. The van der Waals surface area contributed by atoms with Crippen molar-refractivity contribution in [3.8, 4) is 11.4 Å². The van der Waals surface area contributed by atoms with E-state index < -0.39 is 17.7 Å². The molecule has 1 amide bonds. The number of nitrogens with zero attached hydrogens (tertiary/aromatic N) is 6. The van der Waals surface area contributed by atoms with Crippen molar-refractivity contribution in [3.05, 3.63) is 46.2 Å². The van der Waals surface area contributed by atoms with Crippen molar-refractivity contribution >= 4 is 27.8 Å². The molecule has 0 radical (unpaired) electrons. The molecule has 3 aromatic rings. The molecule has 0 N–H and O–H groups in total. The zero-order valence-electron chi connectivity index (χ0n) is 15.6. The van der Waals surface area contributed by atoms with E-state index in [9.17, 15) is 22.4 Å². The highest BCUT2D eigenvalue weighted by molar-refractivity contribution is 9.10. The van der Waals surface area contributed by atoms with Crippen LogP contribution in [0.3, 0.4) is 0 Å². The molecule has 158 valence electrons. The van der Waals surface area contributed by atoms with Gasteiger partial charge in [0.1, 0.15) is 11.6 Å². The van der Waals surface area contributed by atoms with Gasteiger partial charge in [-0.1, -0.05) is 6.07 Å². The van der Waals surface area contributed by atoms with E-state index in [1.807, 2.05) is 0 Å². The zero-order chi connectivity index (χ0) is 21.6. The Kier molecular flexibility index (Phi) is 5.12. The van der Waals surface area contributed by atoms with Crippen molar-refractivity contribution in [1.29, 1.82) is 0 Å². The first-order valence-electron chi connectivity index (χ1n) is 9.01. The fourth-order valence-electron chi connectivity index (χ4n) is 3.29. The molecule has 0 aliphatic carbocycles. The van der Waals surface area contributed by atoms with E-state index in [1.54, 1.807) is 17.7 Å². The van der Waals surface area contributed by atoms with Crippen molar-refractivity contribution < 1.29 is 22.4 Å². The van der Waals surface area contributed by atoms with Gasteiger partial charge in [-0.3, -0.25) is 9.69 Å². The molecule has 0 fully saturated rings. The molecule has 0 atom stereocenters. The molecule has 7 nitrogen and oxygen atoms in total. The molecule has 0 saturated heterocycles. The number of hydrogen-bond donors (Lipinski definition) is 0. The summed E-state index contributed by atoms with van der Waals surface area (Å²) >= 11 is 3.17. The summed E-state index contributed by atoms with van der Waals surface area (Å²) in [6.07, 6.45) is -3.53. The Bertz CT molecular complexity index is 1120. The van der Waals surface area contributed by atoms with Gasteiger partial charge in [-0.25, -0.2) is 14.1 Å². The molecule has 4 rings (SSSR count). The molecule has 0 spiro atoms. The standard InChI is InChI=1S/C18H15BrF4N6O/c1-2-27-9-13(18(21,22)23)24-15(27)11-4-3-10(7-12(11)20)8-28-14(30)5-6-29-17(28)25-16(19)26-29/h3-4,7,9H,2,5-6,8H2,1H3. The first kappa shape index (κ1) is 20.5. The number of rotatable bonds is 4. The van der Waals surface area contributed by atoms with Gasteiger partial charge in [-0.15, -0.1) is 5.10 Å². The average molecular weight is 487 g/mol. The summed E-state index contributed by atoms with van der Waals surface area (Å²) in [5.41, 5.74) is -0.665. The summed E-state index contributed by atoms with van der Waals surface area (Å²) in [7, 11) is 0. The molecule has 30 heavy (non-hydrogen) atoms. The third-order valence-electron chi connectivity index (χ3n) is 4.73. The smallest absolute Gasteiger partial charge is 0.331 e. The molecule has 0 bridgehead atoms. The summed E-state index contributed by atoms with van der Waals surface area (Å²) in [4.78, 5) is 21.5. The van der Waals surface area contributed by atoms with Gasteiger partial charge in [-0.2, -0.15) is 18.2 Å². The van der Waals surface area contributed by atoms with Crippen LogP contribution in [-0.2, 0) is 30.6 Å². The van der Waals surface area contributed by atoms with Crippen molar-refractivity contribution in [3.63, 3.8) is 0 Å². The van der Waals surface area contributed by atoms with Crippen molar-refractivity contribution in [2.75, 3.05) is 4.90 Å². The maximum atomic E-state index is 14.8. The topological polar surface area (TPSA) is 68.8 Å². The van der Waals surface area contributed by atoms with Crippen molar-refractivity contribution in [1.82, 2.24) is 24.3 Å². The second kappa shape index (κ2) is 7.49. The van der Waals surface area contributed by atoms with Crippen molar-refractivity contribution in [2.45, 2.75) is 39.2 Å². The second-order valence-corrected chi connectivity index (χ2v) is 7.39. The zero-order valence-corrected chi connectivity index (χ0v) is 17.2. The van der Waals surface area contributed by atoms with Gasteiger partial charge in [0.2, 0.25) is 16.6 Å². The Balaban J connectivity index is 1.65. The number of aromatic nitrogens is 5. The minimum atomic E-state index is -4.62. The number of alkyl halides is 3. The SMILES string of the molecule is CCn1cc(C(F)(F)F)nc1-c1ccc(CN2C(=O)CCn3nc(Br)nc32)cc1F. The largest absolute Gasteiger partial charge is 0.434 e. The van der Waals surface area contributed by atoms with Crippen LogP contribution in [0.1, 0.15) is 24.6 Å². The van der Waals surface area contributed by atoms with Crippen LogP contribution in [0.5, 0.6) is 0 Å². The number of carbonyl (C=O) groups excluding carboxylic acids is 1. The van der Waals surface area contributed by atoms with Crippen LogP contribution in [-0.4, -0.2) is 30.2 Å². The van der Waals surface area contributed by atoms with E-state index in [2.05, 4.69) is 31.0 Å². The van der Waals surface area contributed by atoms with Crippen LogP contribution < -0.4 is 4.90 Å². The van der Waals surface area contributed by atoms with Crippen molar-refractivity contribution in [2.24, 2.45) is 0 Å². The molecule has 1 aliphatic rings. The maximum Gasteiger partial charge on any atom is 0.434 e. The van der Waals surface area contributed by atoms with Gasteiger partial charge in [0.05, 0.1) is 18.7 Å². The van der Waals surface area contributed by atoms with Crippen LogP contribution in [0.25, 0.3) is 11.4 Å². The van der Waals surface area contributed by atoms with Crippen LogP contribution >= 0.6 is 15.9 Å². The van der Waals surface area contributed by atoms with Gasteiger partial charge >= 0.3 is 6.18 Å². The third-order valence-corrected chi connectivity index (χ3v) is 5.06. The van der Waals surface area contributed by atoms with Crippen LogP contribution in [0.15, 0.2) is 29.1 Å². The van der Waals surface area contributed by atoms with E-state index in [-0.39, 0.29) is 36.8 Å². The molecular formula is C18H15BrF4N6O. The predicted molar refractivity (Wildman–Crippen MR) is 102 cm³/mol. The summed E-state index contributed by atoms with van der Waals surface area (Å²) < 4.78 is 57.0. The number of aryl methyl sites for hydroxylation is 2. The summed E-state index contributed by atoms with van der Waals surface area (Å²) in [5.74, 6) is -0.664. The first-order valence-corrected chi connectivity index (χ1v) is 9.80. The Morgan fingerprint density at radius 3 is 2.67 bits per heavy atom. The Hall–Kier alpha value is -2.76. The minimum absolute atomic E-state index is 0.0491. The number of carbonyl (C=O) groups is 1. The normalized spacial score (nSPS) is 14.3. The summed E-state index contributed by atoms with van der Waals surface area (Å²) in [5, 5.41) is 4.14. The lowest BCUT2D eigenvalue weighted by Crippen LogP contribution is -2.37. The molecule has 1 aromatic carbocycles. The number of benzene rings is 1. The third kappa shape index (κ3) is 3.71. The molecule has 2 aromatic heterocycles.